The van der Waals surface area contributed by atoms with Crippen LogP contribution >= 0.6 is 27.5 Å². The van der Waals surface area contributed by atoms with E-state index in [9.17, 15) is 4.39 Å². The number of aromatic nitrogens is 2. The zero-order valence-electron chi connectivity index (χ0n) is 8.73. The molecule has 0 saturated heterocycles. The van der Waals surface area contributed by atoms with Gasteiger partial charge in [-0.3, -0.25) is 11.3 Å². The molecule has 1 aromatic heterocycles. The second-order valence-electron chi connectivity index (χ2n) is 3.48. The Kier molecular flexibility index (Phi) is 4.16. The maximum atomic E-state index is 13.6. The van der Waals surface area contributed by atoms with Crippen LogP contribution in [0.5, 0.6) is 0 Å². The third kappa shape index (κ3) is 3.06. The molecule has 1 atom stereocenters. The largest absolute Gasteiger partial charge is 0.271 e. The average molecular weight is 317 g/mol. The molecule has 0 amide bonds. The van der Waals surface area contributed by atoms with Crippen LogP contribution in [0.4, 0.5) is 4.39 Å². The van der Waals surface area contributed by atoms with E-state index in [1.807, 2.05) is 0 Å². The van der Waals surface area contributed by atoms with Gasteiger partial charge in [0.15, 0.2) is 0 Å². The van der Waals surface area contributed by atoms with Gasteiger partial charge in [-0.05, 0) is 41.7 Å². The fourth-order valence-electron chi connectivity index (χ4n) is 1.49. The lowest BCUT2D eigenvalue weighted by Crippen LogP contribution is -2.29. The Morgan fingerprint density at radius 3 is 3.00 bits per heavy atom. The Hall–Kier alpha value is -0.890. The van der Waals surface area contributed by atoms with E-state index < -0.39 is 0 Å². The summed E-state index contributed by atoms with van der Waals surface area (Å²) in [5.41, 5.74) is 3.24. The number of nitrogens with one attached hydrogen (secondary N) is 1. The van der Waals surface area contributed by atoms with Gasteiger partial charge >= 0.3 is 0 Å². The molecule has 7 heteroatoms. The molecule has 0 aliphatic rings. The summed E-state index contributed by atoms with van der Waals surface area (Å²) in [5.74, 6) is 5.22. The standard InChI is InChI=1S/C10H10BrFN4S/c11-7-1-2-8(12)6(3-7)4-9(15-13)10-5-14-16-17-10/h1-3,5,9,15H,4,13H2. The number of hydrazine groups is 1. The fraction of sp³-hybridized carbons (Fsp3) is 0.200. The van der Waals surface area contributed by atoms with Crippen molar-refractivity contribution in [2.75, 3.05) is 0 Å². The Balaban J connectivity index is 2.21. The number of nitrogens with zero attached hydrogens (tertiary/aromatic N) is 2. The van der Waals surface area contributed by atoms with E-state index in [4.69, 9.17) is 5.84 Å². The van der Waals surface area contributed by atoms with E-state index in [2.05, 4.69) is 30.9 Å². The van der Waals surface area contributed by atoms with E-state index >= 15 is 0 Å². The van der Waals surface area contributed by atoms with Crippen molar-refractivity contribution in [1.82, 2.24) is 15.0 Å². The van der Waals surface area contributed by atoms with Gasteiger partial charge in [-0.25, -0.2) is 4.39 Å². The van der Waals surface area contributed by atoms with Crippen LogP contribution in [0.1, 0.15) is 16.5 Å². The predicted molar refractivity (Wildman–Crippen MR) is 67.8 cm³/mol. The first-order chi connectivity index (χ1) is 8.20. The van der Waals surface area contributed by atoms with Crippen molar-refractivity contribution < 1.29 is 4.39 Å². The van der Waals surface area contributed by atoms with Gasteiger partial charge in [0, 0.05) is 4.47 Å². The van der Waals surface area contributed by atoms with Crippen molar-refractivity contribution >= 4 is 27.5 Å². The summed E-state index contributed by atoms with van der Waals surface area (Å²) in [4.78, 5) is 0.881. The highest BCUT2D eigenvalue weighted by Crippen LogP contribution is 2.23. The van der Waals surface area contributed by atoms with Gasteiger partial charge in [-0.15, -0.1) is 5.10 Å². The van der Waals surface area contributed by atoms with Gasteiger partial charge in [-0.2, -0.15) is 0 Å². The molecule has 1 heterocycles. The summed E-state index contributed by atoms with van der Waals surface area (Å²) >= 11 is 4.56. The Morgan fingerprint density at radius 1 is 1.53 bits per heavy atom. The first kappa shape index (κ1) is 12.6. The molecule has 0 aliphatic carbocycles. The molecule has 0 saturated carbocycles. The molecule has 2 rings (SSSR count). The predicted octanol–water partition coefficient (Wildman–Crippen LogP) is 2.19. The van der Waals surface area contributed by atoms with E-state index in [0.717, 1.165) is 9.35 Å². The highest BCUT2D eigenvalue weighted by molar-refractivity contribution is 9.10. The van der Waals surface area contributed by atoms with Crippen LogP contribution in [0.3, 0.4) is 0 Å². The van der Waals surface area contributed by atoms with E-state index in [-0.39, 0.29) is 11.9 Å². The normalized spacial score (nSPS) is 12.6. The molecule has 0 aliphatic heterocycles. The summed E-state index contributed by atoms with van der Waals surface area (Å²) in [5, 5.41) is 3.74. The SMILES string of the molecule is NNC(Cc1cc(Br)ccc1F)c1cnns1. The minimum Gasteiger partial charge on any atom is -0.271 e. The van der Waals surface area contributed by atoms with Crippen LogP contribution < -0.4 is 11.3 Å². The van der Waals surface area contributed by atoms with Crippen molar-refractivity contribution in [3.05, 3.63) is 45.1 Å². The minimum atomic E-state index is -0.245. The first-order valence-electron chi connectivity index (χ1n) is 4.88. The maximum absolute atomic E-state index is 13.6. The number of nitrogens with two attached hydrogens (primary N) is 1. The number of rotatable bonds is 4. The second-order valence-corrected chi connectivity index (χ2v) is 5.21. The van der Waals surface area contributed by atoms with Crippen LogP contribution in [-0.2, 0) is 6.42 Å². The van der Waals surface area contributed by atoms with E-state index in [0.29, 0.717) is 12.0 Å². The molecule has 0 fully saturated rings. The van der Waals surface area contributed by atoms with Crippen LogP contribution in [0.2, 0.25) is 0 Å². The lowest BCUT2D eigenvalue weighted by Gasteiger charge is -2.13. The molecule has 1 unspecified atom stereocenters. The van der Waals surface area contributed by atoms with Crippen molar-refractivity contribution in [3.63, 3.8) is 0 Å². The average Bonchev–Trinajstić information content (AvgIpc) is 2.84. The first-order valence-corrected chi connectivity index (χ1v) is 6.44. The number of hydrogen-bond donors (Lipinski definition) is 2. The monoisotopic (exact) mass is 316 g/mol. The molecule has 2 aromatic rings. The maximum Gasteiger partial charge on any atom is 0.126 e. The number of benzene rings is 1. The molecule has 0 bridgehead atoms. The van der Waals surface area contributed by atoms with Crippen molar-refractivity contribution in [2.45, 2.75) is 12.5 Å². The topological polar surface area (TPSA) is 63.8 Å². The minimum absolute atomic E-state index is 0.182. The molecule has 90 valence electrons. The zero-order chi connectivity index (χ0) is 12.3. The molecule has 3 N–H and O–H groups in total. The van der Waals surface area contributed by atoms with Gasteiger partial charge in [0.05, 0.1) is 17.1 Å². The fourth-order valence-corrected chi connectivity index (χ4v) is 2.46. The summed E-state index contributed by atoms with van der Waals surface area (Å²) in [6.45, 7) is 0. The summed E-state index contributed by atoms with van der Waals surface area (Å²) in [6, 6.07) is 4.66. The lowest BCUT2D eigenvalue weighted by atomic mass is 10.1. The lowest BCUT2D eigenvalue weighted by molar-refractivity contribution is 0.534. The van der Waals surface area contributed by atoms with E-state index in [1.165, 1.54) is 17.6 Å². The van der Waals surface area contributed by atoms with Gasteiger partial charge in [0.25, 0.3) is 0 Å². The molecule has 1 aromatic carbocycles. The van der Waals surface area contributed by atoms with Gasteiger partial charge in [0.2, 0.25) is 0 Å². The molecule has 0 spiro atoms. The van der Waals surface area contributed by atoms with Crippen LogP contribution in [0, 0.1) is 5.82 Å². The van der Waals surface area contributed by atoms with Gasteiger partial charge in [-0.1, -0.05) is 20.4 Å². The van der Waals surface area contributed by atoms with E-state index in [1.54, 1.807) is 18.3 Å². The number of halogens is 2. The van der Waals surface area contributed by atoms with Crippen LogP contribution in [0.15, 0.2) is 28.9 Å². The second kappa shape index (κ2) is 5.63. The summed E-state index contributed by atoms with van der Waals surface area (Å²) < 4.78 is 18.2. The summed E-state index contributed by atoms with van der Waals surface area (Å²) in [6.07, 6.45) is 2.08. The zero-order valence-corrected chi connectivity index (χ0v) is 11.1. The molecule has 17 heavy (non-hydrogen) atoms. The molecular weight excluding hydrogens is 307 g/mol. The van der Waals surface area contributed by atoms with Crippen LogP contribution in [-0.4, -0.2) is 9.59 Å². The number of hydrogen-bond acceptors (Lipinski definition) is 5. The van der Waals surface area contributed by atoms with Crippen molar-refractivity contribution in [2.24, 2.45) is 5.84 Å². The Morgan fingerprint density at radius 2 is 2.35 bits per heavy atom. The van der Waals surface area contributed by atoms with Gasteiger partial charge < -0.3 is 0 Å². The van der Waals surface area contributed by atoms with Crippen LogP contribution in [0.25, 0.3) is 0 Å². The summed E-state index contributed by atoms with van der Waals surface area (Å²) in [7, 11) is 0. The van der Waals surface area contributed by atoms with Crippen molar-refractivity contribution in [3.8, 4) is 0 Å². The Labute approximate surface area is 110 Å². The molecular formula is C10H10BrFN4S. The highest BCUT2D eigenvalue weighted by Gasteiger charge is 2.15. The van der Waals surface area contributed by atoms with Crippen molar-refractivity contribution in [1.29, 1.82) is 0 Å². The quantitative estimate of drug-likeness (QED) is 0.670. The third-order valence-corrected chi connectivity index (χ3v) is 3.62. The molecule has 0 radical (unpaired) electrons. The molecule has 4 nitrogen and oxygen atoms in total. The third-order valence-electron chi connectivity index (χ3n) is 2.35. The smallest absolute Gasteiger partial charge is 0.126 e. The van der Waals surface area contributed by atoms with Gasteiger partial charge in [0.1, 0.15) is 5.82 Å². The Bertz CT molecular complexity index is 491. The highest BCUT2D eigenvalue weighted by atomic mass is 79.9.